The van der Waals surface area contributed by atoms with Crippen molar-refractivity contribution in [2.45, 2.75) is 44.6 Å². The number of halogens is 3. The van der Waals surface area contributed by atoms with Gasteiger partial charge in [0.05, 0.1) is 36.0 Å². The quantitative estimate of drug-likeness (QED) is 0.307. The van der Waals surface area contributed by atoms with Crippen molar-refractivity contribution in [2.24, 2.45) is 5.41 Å². The number of aliphatic hydroxyl groups excluding tert-OH is 1. The first-order valence-corrected chi connectivity index (χ1v) is 13.5. The number of carboxylic acid groups (broad SMARTS) is 1. The molecular formula is C30H36F3N3O4. The molecule has 0 radical (unpaired) electrons. The normalized spacial score (nSPS) is 16.2. The highest BCUT2D eigenvalue weighted by Gasteiger charge is 2.41. The molecule has 1 atom stereocenters. The molecule has 0 unspecified atom stereocenters. The van der Waals surface area contributed by atoms with E-state index in [9.17, 15) is 28.2 Å². The third-order valence-corrected chi connectivity index (χ3v) is 8.06. The summed E-state index contributed by atoms with van der Waals surface area (Å²) in [5.74, 6) is -3.28. The molecule has 2 aromatic carbocycles. The van der Waals surface area contributed by atoms with Gasteiger partial charge in [0.1, 0.15) is 11.6 Å². The van der Waals surface area contributed by atoms with Crippen LogP contribution in [0.15, 0.2) is 36.5 Å². The van der Waals surface area contributed by atoms with Crippen LogP contribution in [-0.2, 0) is 11.2 Å². The number of aliphatic hydroxyl groups is 1. The number of rotatable bonds is 11. The van der Waals surface area contributed by atoms with Crippen molar-refractivity contribution in [3.8, 4) is 5.75 Å². The molecule has 40 heavy (non-hydrogen) atoms. The van der Waals surface area contributed by atoms with Crippen molar-refractivity contribution < 1.29 is 32.9 Å². The maximum Gasteiger partial charge on any atom is 0.309 e. The van der Waals surface area contributed by atoms with E-state index < -0.39 is 34.9 Å². The minimum absolute atomic E-state index is 0.00160. The van der Waals surface area contributed by atoms with E-state index in [1.54, 1.807) is 19.4 Å². The Labute approximate surface area is 232 Å². The van der Waals surface area contributed by atoms with Gasteiger partial charge in [0.25, 0.3) is 0 Å². The van der Waals surface area contributed by atoms with Crippen LogP contribution in [0.2, 0.25) is 0 Å². The molecular weight excluding hydrogens is 523 g/mol. The standard InChI is InChI=1S/C30H36F3N3O4/c1-35(2)25-18-34-24-7-6-21(40-3)17-22(24)27(25)26(37)8-9-30(29(38)39)10-13-36(14-11-30)12-4-5-19-15-20(31)16-23(32)28(19)33/h6-7,15-18,26,37H,4-5,8-14H2,1-3H3,(H,38,39)/t26-/m1/s1. The number of piperidine rings is 1. The molecule has 1 fully saturated rings. The second-order valence-electron chi connectivity index (χ2n) is 10.8. The number of aromatic nitrogens is 1. The minimum atomic E-state index is -1.20. The van der Waals surface area contributed by atoms with Gasteiger partial charge in [0.2, 0.25) is 0 Å². The lowest BCUT2D eigenvalue weighted by Crippen LogP contribution is -2.44. The van der Waals surface area contributed by atoms with Crippen molar-refractivity contribution in [2.75, 3.05) is 45.7 Å². The molecule has 0 spiro atoms. The average Bonchev–Trinajstić information content (AvgIpc) is 2.93. The van der Waals surface area contributed by atoms with Crippen molar-refractivity contribution in [3.63, 3.8) is 0 Å². The van der Waals surface area contributed by atoms with Crippen LogP contribution < -0.4 is 9.64 Å². The average molecular weight is 560 g/mol. The Morgan fingerprint density at radius 3 is 2.55 bits per heavy atom. The third-order valence-electron chi connectivity index (χ3n) is 8.06. The maximum atomic E-state index is 14.0. The number of aliphatic carboxylic acids is 1. The summed E-state index contributed by atoms with van der Waals surface area (Å²) in [6.07, 6.45) is 2.84. The summed E-state index contributed by atoms with van der Waals surface area (Å²) in [4.78, 5) is 20.9. The number of hydrogen-bond acceptors (Lipinski definition) is 6. The zero-order chi connectivity index (χ0) is 29.0. The van der Waals surface area contributed by atoms with Crippen molar-refractivity contribution in [1.29, 1.82) is 0 Å². The molecule has 2 N–H and O–H groups in total. The van der Waals surface area contributed by atoms with Gasteiger partial charge in [-0.2, -0.15) is 0 Å². The highest BCUT2D eigenvalue weighted by atomic mass is 19.2. The summed E-state index contributed by atoms with van der Waals surface area (Å²) < 4.78 is 46.3. The summed E-state index contributed by atoms with van der Waals surface area (Å²) in [5, 5.41) is 22.4. The first kappa shape index (κ1) is 29.6. The molecule has 3 aromatic rings. The molecule has 0 amide bonds. The van der Waals surface area contributed by atoms with Crippen LogP contribution in [-0.4, -0.2) is 66.9 Å². The predicted molar refractivity (Wildman–Crippen MR) is 147 cm³/mol. The number of aryl methyl sites for hydroxylation is 1. The number of likely N-dealkylation sites (tertiary alicyclic amines) is 1. The highest BCUT2D eigenvalue weighted by Crippen LogP contribution is 2.41. The zero-order valence-corrected chi connectivity index (χ0v) is 23.1. The van der Waals surface area contributed by atoms with Gasteiger partial charge < -0.3 is 24.7 Å². The number of carbonyl (C=O) groups is 1. The number of ether oxygens (including phenoxy) is 1. The topological polar surface area (TPSA) is 86.1 Å². The van der Waals surface area contributed by atoms with E-state index in [1.165, 1.54) is 0 Å². The van der Waals surface area contributed by atoms with Crippen LogP contribution in [0, 0.1) is 22.9 Å². The molecule has 10 heteroatoms. The van der Waals surface area contributed by atoms with Gasteiger partial charge in [-0.1, -0.05) is 0 Å². The fourth-order valence-electron chi connectivity index (χ4n) is 5.63. The lowest BCUT2D eigenvalue weighted by molar-refractivity contribution is -0.153. The van der Waals surface area contributed by atoms with Gasteiger partial charge >= 0.3 is 5.97 Å². The second kappa shape index (κ2) is 12.4. The molecule has 1 aliphatic rings. The van der Waals surface area contributed by atoms with Crippen molar-refractivity contribution >= 4 is 22.6 Å². The van der Waals surface area contributed by atoms with E-state index in [1.807, 2.05) is 31.1 Å². The van der Waals surface area contributed by atoms with Gasteiger partial charge in [-0.15, -0.1) is 0 Å². The molecule has 7 nitrogen and oxygen atoms in total. The van der Waals surface area contributed by atoms with E-state index >= 15 is 0 Å². The predicted octanol–water partition coefficient (Wildman–Crippen LogP) is 5.34. The Morgan fingerprint density at radius 2 is 1.90 bits per heavy atom. The molecule has 4 rings (SSSR count). The van der Waals surface area contributed by atoms with Crippen LogP contribution in [0.3, 0.4) is 0 Å². The first-order chi connectivity index (χ1) is 19.0. The summed E-state index contributed by atoms with van der Waals surface area (Å²) in [5.41, 5.74) is 1.17. The van der Waals surface area contributed by atoms with Gasteiger partial charge in [0, 0.05) is 31.1 Å². The number of carboxylic acids is 1. The largest absolute Gasteiger partial charge is 0.497 e. The van der Waals surface area contributed by atoms with Gasteiger partial charge in [0.15, 0.2) is 11.6 Å². The summed E-state index contributed by atoms with van der Waals surface area (Å²) in [7, 11) is 5.31. The van der Waals surface area contributed by atoms with Crippen molar-refractivity contribution in [3.05, 3.63) is 65.1 Å². The number of hydrogen-bond donors (Lipinski definition) is 2. The molecule has 2 heterocycles. The molecule has 1 saturated heterocycles. The Kier molecular flexibility index (Phi) is 9.20. The van der Waals surface area contributed by atoms with Crippen LogP contribution >= 0.6 is 0 Å². The van der Waals surface area contributed by atoms with E-state index in [0.29, 0.717) is 68.2 Å². The lowest BCUT2D eigenvalue weighted by atomic mass is 9.74. The number of benzene rings is 2. The number of fused-ring (bicyclic) bond motifs is 1. The minimum Gasteiger partial charge on any atom is -0.497 e. The van der Waals surface area contributed by atoms with Crippen LogP contribution in [0.25, 0.3) is 10.9 Å². The molecule has 0 saturated carbocycles. The van der Waals surface area contributed by atoms with E-state index in [-0.39, 0.29) is 18.4 Å². The fourth-order valence-corrected chi connectivity index (χ4v) is 5.63. The molecule has 1 aromatic heterocycles. The van der Waals surface area contributed by atoms with Crippen LogP contribution in [0.4, 0.5) is 18.9 Å². The smallest absolute Gasteiger partial charge is 0.309 e. The van der Waals surface area contributed by atoms with E-state index in [2.05, 4.69) is 9.88 Å². The zero-order valence-electron chi connectivity index (χ0n) is 23.1. The Bertz CT molecular complexity index is 1360. The third kappa shape index (κ3) is 6.33. The number of anilines is 1. The Hall–Kier alpha value is -3.37. The summed E-state index contributed by atoms with van der Waals surface area (Å²) in [6, 6.07) is 7.02. The SMILES string of the molecule is COc1ccc2ncc(N(C)C)c([C@H](O)CCC3(C(=O)O)CCN(CCCc4cc(F)cc(F)c4F)CC3)c2c1. The summed E-state index contributed by atoms with van der Waals surface area (Å²) >= 11 is 0. The highest BCUT2D eigenvalue weighted by molar-refractivity contribution is 5.88. The van der Waals surface area contributed by atoms with Gasteiger partial charge in [-0.3, -0.25) is 9.78 Å². The van der Waals surface area contributed by atoms with Gasteiger partial charge in [-0.05, 0) is 88.0 Å². The number of nitrogens with zero attached hydrogens (tertiary/aromatic N) is 3. The van der Waals surface area contributed by atoms with Gasteiger partial charge in [-0.25, -0.2) is 13.2 Å². The van der Waals surface area contributed by atoms with Crippen LogP contribution in [0.1, 0.15) is 49.3 Å². The monoisotopic (exact) mass is 559 g/mol. The van der Waals surface area contributed by atoms with Crippen LogP contribution in [0.5, 0.6) is 5.75 Å². The van der Waals surface area contributed by atoms with E-state index in [0.717, 1.165) is 17.1 Å². The summed E-state index contributed by atoms with van der Waals surface area (Å²) in [6.45, 7) is 1.62. The Morgan fingerprint density at radius 1 is 1.18 bits per heavy atom. The lowest BCUT2D eigenvalue weighted by Gasteiger charge is -2.39. The molecule has 1 aliphatic heterocycles. The maximum absolute atomic E-state index is 14.0. The number of pyridine rings is 1. The second-order valence-corrected chi connectivity index (χ2v) is 10.8. The van der Waals surface area contributed by atoms with E-state index in [4.69, 9.17) is 4.74 Å². The molecule has 0 aliphatic carbocycles. The fraction of sp³-hybridized carbons (Fsp3) is 0.467. The first-order valence-electron chi connectivity index (χ1n) is 13.5. The number of methoxy groups -OCH3 is 1. The molecule has 0 bridgehead atoms. The Balaban J connectivity index is 1.41. The molecule has 216 valence electrons. The van der Waals surface area contributed by atoms with Crippen molar-refractivity contribution in [1.82, 2.24) is 9.88 Å².